The number of hydrogen-bond acceptors (Lipinski definition) is 2. The molecule has 0 saturated carbocycles. The number of carbonyl (C=O) groups is 2. The molecular weight excluding hydrogens is 434 g/mol. The quantitative estimate of drug-likeness (QED) is 0.523. The van der Waals surface area contributed by atoms with Crippen LogP contribution in [0.25, 0.3) is 16.9 Å². The number of aromatic nitrogens is 1. The number of hydrogen-bond donors (Lipinski definition) is 0. The fraction of sp³-hybridized carbons (Fsp3) is 0.333. The van der Waals surface area contributed by atoms with E-state index in [0.717, 1.165) is 28.2 Å². The Bertz CT molecular complexity index is 1170. The van der Waals surface area contributed by atoms with Crippen molar-refractivity contribution in [2.45, 2.75) is 27.7 Å². The summed E-state index contributed by atoms with van der Waals surface area (Å²) in [6.07, 6.45) is 0. The minimum absolute atomic E-state index is 0.00620. The van der Waals surface area contributed by atoms with Crippen LogP contribution >= 0.6 is 11.6 Å². The Morgan fingerprint density at radius 2 is 1.48 bits per heavy atom. The number of benzene rings is 2. The van der Waals surface area contributed by atoms with Crippen LogP contribution in [0.5, 0.6) is 0 Å². The summed E-state index contributed by atoms with van der Waals surface area (Å²) < 4.78 is 2.16. The Labute approximate surface area is 200 Å². The molecule has 2 aromatic carbocycles. The van der Waals surface area contributed by atoms with Gasteiger partial charge in [-0.3, -0.25) is 9.59 Å². The molecule has 3 aromatic rings. The van der Waals surface area contributed by atoms with E-state index in [4.69, 9.17) is 11.6 Å². The lowest BCUT2D eigenvalue weighted by molar-refractivity contribution is -0.135. The summed E-state index contributed by atoms with van der Waals surface area (Å²) >= 11 is 6.13. The van der Waals surface area contributed by atoms with Crippen molar-refractivity contribution < 1.29 is 9.59 Å². The Hall–Kier alpha value is -3.05. The highest BCUT2D eigenvalue weighted by atomic mass is 35.5. The molecule has 0 bridgehead atoms. The molecule has 1 aliphatic heterocycles. The van der Waals surface area contributed by atoms with Gasteiger partial charge in [-0.25, -0.2) is 0 Å². The topological polar surface area (TPSA) is 45.6 Å². The van der Waals surface area contributed by atoms with Gasteiger partial charge >= 0.3 is 0 Å². The van der Waals surface area contributed by atoms with E-state index in [1.165, 1.54) is 0 Å². The molecule has 1 aliphatic rings. The van der Waals surface area contributed by atoms with Crippen molar-refractivity contribution in [2.75, 3.05) is 26.2 Å². The van der Waals surface area contributed by atoms with E-state index in [9.17, 15) is 9.59 Å². The van der Waals surface area contributed by atoms with Crippen LogP contribution in [-0.4, -0.2) is 52.4 Å². The van der Waals surface area contributed by atoms with E-state index in [2.05, 4.69) is 23.6 Å². The predicted octanol–water partition coefficient (Wildman–Crippen LogP) is 5.35. The maximum atomic E-state index is 13.6. The lowest BCUT2D eigenvalue weighted by Gasteiger charge is -2.35. The fourth-order valence-electron chi connectivity index (χ4n) is 4.45. The van der Waals surface area contributed by atoms with Crippen LogP contribution in [0.3, 0.4) is 0 Å². The normalized spacial score (nSPS) is 14.1. The van der Waals surface area contributed by atoms with E-state index in [0.29, 0.717) is 36.8 Å². The van der Waals surface area contributed by atoms with Crippen molar-refractivity contribution in [2.24, 2.45) is 5.92 Å². The molecule has 172 valence electrons. The number of halogens is 1. The number of nitrogens with zero attached hydrogens (tertiary/aromatic N) is 3. The average molecular weight is 464 g/mol. The zero-order valence-corrected chi connectivity index (χ0v) is 20.4. The fourth-order valence-corrected chi connectivity index (χ4v) is 4.57. The molecule has 2 heterocycles. The SMILES string of the molecule is Cc1ccccc1-n1c(-c2ccc(Cl)cc2)cc(C(=O)N2CCN(C(=O)C(C)C)CC2)c1C. The summed E-state index contributed by atoms with van der Waals surface area (Å²) in [5, 5.41) is 0.676. The lowest BCUT2D eigenvalue weighted by Crippen LogP contribution is -2.51. The van der Waals surface area contributed by atoms with Gasteiger partial charge in [-0.2, -0.15) is 0 Å². The van der Waals surface area contributed by atoms with Gasteiger partial charge in [0.05, 0.1) is 11.3 Å². The molecule has 0 atom stereocenters. The van der Waals surface area contributed by atoms with Crippen LogP contribution < -0.4 is 0 Å². The van der Waals surface area contributed by atoms with Gasteiger partial charge in [0.2, 0.25) is 5.91 Å². The Kier molecular flexibility index (Phi) is 6.61. The average Bonchev–Trinajstić information content (AvgIpc) is 3.15. The maximum Gasteiger partial charge on any atom is 0.255 e. The first-order valence-electron chi connectivity index (χ1n) is 11.4. The third-order valence-electron chi connectivity index (χ3n) is 6.35. The first-order chi connectivity index (χ1) is 15.8. The molecule has 0 radical (unpaired) electrons. The van der Waals surface area contributed by atoms with Gasteiger partial charge in [0.1, 0.15) is 0 Å². The number of aryl methyl sites for hydroxylation is 1. The number of amides is 2. The Morgan fingerprint density at radius 1 is 0.879 bits per heavy atom. The number of carbonyl (C=O) groups excluding carboxylic acids is 2. The van der Waals surface area contributed by atoms with Crippen molar-refractivity contribution in [3.05, 3.63) is 76.4 Å². The third-order valence-corrected chi connectivity index (χ3v) is 6.60. The van der Waals surface area contributed by atoms with E-state index in [1.807, 2.05) is 73.0 Å². The summed E-state index contributed by atoms with van der Waals surface area (Å²) in [5.74, 6) is 0.125. The second-order valence-corrected chi connectivity index (χ2v) is 9.37. The maximum absolute atomic E-state index is 13.6. The molecule has 6 heteroatoms. The summed E-state index contributed by atoms with van der Waals surface area (Å²) in [5.41, 5.74) is 5.72. The van der Waals surface area contributed by atoms with Crippen LogP contribution in [0, 0.1) is 19.8 Å². The first-order valence-corrected chi connectivity index (χ1v) is 11.8. The van der Waals surface area contributed by atoms with Gasteiger partial charge in [0.15, 0.2) is 0 Å². The summed E-state index contributed by atoms with van der Waals surface area (Å²) in [6, 6.07) is 17.9. The van der Waals surface area contributed by atoms with Gasteiger partial charge in [-0.15, -0.1) is 0 Å². The summed E-state index contributed by atoms with van der Waals surface area (Å²) in [7, 11) is 0. The lowest BCUT2D eigenvalue weighted by atomic mass is 10.1. The van der Waals surface area contributed by atoms with Gasteiger partial charge < -0.3 is 14.4 Å². The largest absolute Gasteiger partial charge is 0.339 e. The van der Waals surface area contributed by atoms with Crippen LogP contribution in [0.1, 0.15) is 35.5 Å². The van der Waals surface area contributed by atoms with Crippen LogP contribution in [-0.2, 0) is 4.79 Å². The molecule has 1 saturated heterocycles. The van der Waals surface area contributed by atoms with Crippen molar-refractivity contribution in [1.82, 2.24) is 14.4 Å². The highest BCUT2D eigenvalue weighted by molar-refractivity contribution is 6.30. The molecule has 1 aromatic heterocycles. The van der Waals surface area contributed by atoms with Crippen molar-refractivity contribution in [3.63, 3.8) is 0 Å². The molecule has 0 unspecified atom stereocenters. The minimum Gasteiger partial charge on any atom is -0.339 e. The van der Waals surface area contributed by atoms with Crippen LogP contribution in [0.4, 0.5) is 0 Å². The number of piperazine rings is 1. The summed E-state index contributed by atoms with van der Waals surface area (Å²) in [6.45, 7) is 10.1. The van der Waals surface area contributed by atoms with Gasteiger partial charge in [-0.1, -0.05) is 55.8 Å². The highest BCUT2D eigenvalue weighted by Gasteiger charge is 2.29. The van der Waals surface area contributed by atoms with Gasteiger partial charge in [0, 0.05) is 48.5 Å². The molecule has 1 fully saturated rings. The second kappa shape index (κ2) is 9.44. The first kappa shape index (κ1) is 23.1. The monoisotopic (exact) mass is 463 g/mol. The molecular formula is C27H30ClN3O2. The third kappa shape index (κ3) is 4.55. The van der Waals surface area contributed by atoms with Crippen LogP contribution in [0.2, 0.25) is 5.02 Å². The zero-order chi connectivity index (χ0) is 23.7. The van der Waals surface area contributed by atoms with E-state index in [1.54, 1.807) is 0 Å². The highest BCUT2D eigenvalue weighted by Crippen LogP contribution is 2.32. The van der Waals surface area contributed by atoms with Crippen LogP contribution in [0.15, 0.2) is 54.6 Å². The Balaban J connectivity index is 1.70. The molecule has 5 nitrogen and oxygen atoms in total. The molecule has 0 spiro atoms. The molecule has 33 heavy (non-hydrogen) atoms. The molecule has 0 N–H and O–H groups in total. The molecule has 4 rings (SSSR count). The van der Waals surface area contributed by atoms with Gasteiger partial charge in [-0.05, 0) is 49.2 Å². The van der Waals surface area contributed by atoms with Crippen molar-refractivity contribution in [3.8, 4) is 16.9 Å². The second-order valence-electron chi connectivity index (χ2n) is 8.93. The minimum atomic E-state index is -0.0282. The van der Waals surface area contributed by atoms with E-state index >= 15 is 0 Å². The van der Waals surface area contributed by atoms with Crippen molar-refractivity contribution >= 4 is 23.4 Å². The number of rotatable bonds is 4. The molecule has 2 amide bonds. The van der Waals surface area contributed by atoms with E-state index in [-0.39, 0.29) is 17.7 Å². The Morgan fingerprint density at radius 3 is 2.09 bits per heavy atom. The number of para-hydroxylation sites is 1. The van der Waals surface area contributed by atoms with E-state index < -0.39 is 0 Å². The predicted molar refractivity (Wildman–Crippen MR) is 133 cm³/mol. The summed E-state index contributed by atoms with van der Waals surface area (Å²) in [4.78, 5) is 29.6. The van der Waals surface area contributed by atoms with Crippen molar-refractivity contribution in [1.29, 1.82) is 0 Å². The smallest absolute Gasteiger partial charge is 0.255 e. The molecule has 0 aliphatic carbocycles. The zero-order valence-electron chi connectivity index (χ0n) is 19.6. The standard InChI is InChI=1S/C27H30ClN3O2/c1-18(2)26(32)29-13-15-30(16-14-29)27(33)23-17-25(21-9-11-22(28)12-10-21)31(20(23)4)24-8-6-5-7-19(24)3/h5-12,17-18H,13-16H2,1-4H3. The van der Waals surface area contributed by atoms with Gasteiger partial charge in [0.25, 0.3) is 5.91 Å².